The molecule has 0 fully saturated rings. The second-order valence-corrected chi connectivity index (χ2v) is 3.31. The van der Waals surface area contributed by atoms with Gasteiger partial charge in [0.15, 0.2) is 0 Å². The van der Waals surface area contributed by atoms with Crippen molar-refractivity contribution in [2.75, 3.05) is 0 Å². The Bertz CT molecular complexity index is 380. The van der Waals surface area contributed by atoms with E-state index < -0.39 is 33.5 Å². The van der Waals surface area contributed by atoms with E-state index in [1.807, 2.05) is 0 Å². The average Bonchev–Trinajstić information content (AvgIpc) is 2.01. The molecule has 1 aromatic rings. The predicted molar refractivity (Wildman–Crippen MR) is 38.6 cm³/mol. The zero-order valence-corrected chi connectivity index (χ0v) is 10.3. The number of benzene rings is 1. The van der Waals surface area contributed by atoms with E-state index in [1.54, 1.807) is 0 Å². The van der Waals surface area contributed by atoms with Crippen LogP contribution in [0, 0.1) is 5.82 Å². The van der Waals surface area contributed by atoms with Crippen LogP contribution < -0.4 is 29.6 Å². The minimum Gasteiger partial charge on any atom is -0.768 e. The minimum atomic E-state index is -4.81. The molecule has 0 saturated carbocycles. The maximum atomic E-state index is 12.7. The van der Waals surface area contributed by atoms with Crippen molar-refractivity contribution in [1.82, 2.24) is 0 Å². The molecule has 8 heteroatoms. The average molecular weight is 250 g/mol. The molecule has 0 aliphatic carbocycles. The van der Waals surface area contributed by atoms with Crippen LogP contribution in [0.3, 0.4) is 0 Å². The maximum absolute atomic E-state index is 12.7. The number of halogens is 4. The van der Waals surface area contributed by atoms with Gasteiger partial charge < -0.3 is 4.55 Å². The summed E-state index contributed by atoms with van der Waals surface area (Å²) < 4.78 is 69.2. The molecule has 15 heavy (non-hydrogen) atoms. The summed E-state index contributed by atoms with van der Waals surface area (Å²) in [5.41, 5.74) is -1.48. The Morgan fingerprint density at radius 1 is 1.27 bits per heavy atom. The molecule has 0 bridgehead atoms. The molecular formula is C7H3F4NaO2S. The van der Waals surface area contributed by atoms with Gasteiger partial charge in [0.25, 0.3) is 0 Å². The summed E-state index contributed by atoms with van der Waals surface area (Å²) >= 11 is -2.73. The predicted octanol–water partition coefficient (Wildman–Crippen LogP) is -0.913. The quantitative estimate of drug-likeness (QED) is 0.367. The summed E-state index contributed by atoms with van der Waals surface area (Å²) in [5.74, 6) is -1.60. The Labute approximate surface area is 107 Å². The molecular weight excluding hydrogens is 247 g/mol. The third-order valence-electron chi connectivity index (χ3n) is 1.44. The summed E-state index contributed by atoms with van der Waals surface area (Å²) in [4.78, 5) is -0.518. The van der Waals surface area contributed by atoms with Crippen LogP contribution in [0.25, 0.3) is 0 Å². The molecule has 1 rings (SSSR count). The van der Waals surface area contributed by atoms with Crippen molar-refractivity contribution in [2.24, 2.45) is 0 Å². The first kappa shape index (κ1) is 15.0. The van der Waals surface area contributed by atoms with Crippen molar-refractivity contribution < 1.29 is 55.9 Å². The van der Waals surface area contributed by atoms with Crippen molar-refractivity contribution >= 4 is 11.1 Å². The van der Waals surface area contributed by atoms with Crippen LogP contribution in [-0.4, -0.2) is 8.76 Å². The SMILES string of the molecule is O=S([O-])c1ccc(C(F)(F)F)c(F)c1.[Na+]. The molecule has 0 amide bonds. The van der Waals surface area contributed by atoms with E-state index in [0.717, 1.165) is 0 Å². The summed E-state index contributed by atoms with van der Waals surface area (Å²) in [7, 11) is 0. The standard InChI is InChI=1S/C7H4F4O2S.Na/c8-6-3-4(14(12)13)1-2-5(6)7(9,10)11;/h1-3H,(H,12,13);/q;+1/p-1. The molecule has 0 radical (unpaired) electrons. The third kappa shape index (κ3) is 3.84. The first-order chi connectivity index (χ1) is 6.32. The Morgan fingerprint density at radius 3 is 2.13 bits per heavy atom. The molecule has 78 valence electrons. The van der Waals surface area contributed by atoms with E-state index in [0.29, 0.717) is 18.2 Å². The Kier molecular flexibility index (Phi) is 5.42. The van der Waals surface area contributed by atoms with Gasteiger partial charge in [-0.05, 0) is 29.3 Å². The van der Waals surface area contributed by atoms with Gasteiger partial charge in [0, 0.05) is 4.90 Å². The van der Waals surface area contributed by atoms with E-state index in [2.05, 4.69) is 0 Å². The molecule has 0 aliphatic heterocycles. The van der Waals surface area contributed by atoms with Gasteiger partial charge in [-0.15, -0.1) is 0 Å². The minimum absolute atomic E-state index is 0. The van der Waals surface area contributed by atoms with Crippen LogP contribution in [0.2, 0.25) is 0 Å². The maximum Gasteiger partial charge on any atom is 1.00 e. The number of rotatable bonds is 1. The van der Waals surface area contributed by atoms with Crippen molar-refractivity contribution in [3.63, 3.8) is 0 Å². The van der Waals surface area contributed by atoms with Crippen LogP contribution in [-0.2, 0) is 17.3 Å². The van der Waals surface area contributed by atoms with Crippen molar-refractivity contribution in [3.05, 3.63) is 29.6 Å². The van der Waals surface area contributed by atoms with Crippen molar-refractivity contribution in [2.45, 2.75) is 11.1 Å². The first-order valence-corrected chi connectivity index (χ1v) is 4.36. The molecule has 0 saturated heterocycles. The monoisotopic (exact) mass is 250 g/mol. The van der Waals surface area contributed by atoms with Gasteiger partial charge in [-0.3, -0.25) is 4.21 Å². The fourth-order valence-corrected chi connectivity index (χ4v) is 1.21. The van der Waals surface area contributed by atoms with Crippen molar-refractivity contribution in [3.8, 4) is 0 Å². The number of hydrogen-bond acceptors (Lipinski definition) is 2. The molecule has 0 aliphatic rings. The van der Waals surface area contributed by atoms with Crippen LogP contribution >= 0.6 is 0 Å². The molecule has 0 N–H and O–H groups in total. The molecule has 0 aromatic heterocycles. The van der Waals surface area contributed by atoms with E-state index in [9.17, 15) is 26.3 Å². The van der Waals surface area contributed by atoms with Gasteiger partial charge in [0.2, 0.25) is 0 Å². The molecule has 1 unspecified atom stereocenters. The number of hydrogen-bond donors (Lipinski definition) is 0. The van der Waals surface area contributed by atoms with Gasteiger partial charge in [-0.1, -0.05) is 0 Å². The van der Waals surface area contributed by atoms with E-state index in [-0.39, 0.29) is 29.6 Å². The van der Waals surface area contributed by atoms with Crippen LogP contribution in [0.1, 0.15) is 5.56 Å². The molecule has 1 aromatic carbocycles. The van der Waals surface area contributed by atoms with Crippen LogP contribution in [0.15, 0.2) is 23.1 Å². The Hall–Kier alpha value is 0.0500. The largest absolute Gasteiger partial charge is 1.00 e. The fourth-order valence-electron chi connectivity index (χ4n) is 0.829. The van der Waals surface area contributed by atoms with Gasteiger partial charge in [0.1, 0.15) is 5.82 Å². The van der Waals surface area contributed by atoms with Crippen LogP contribution in [0.5, 0.6) is 0 Å². The molecule has 1 atom stereocenters. The summed E-state index contributed by atoms with van der Waals surface area (Å²) in [5, 5.41) is 0. The first-order valence-electron chi connectivity index (χ1n) is 3.28. The third-order valence-corrected chi connectivity index (χ3v) is 2.08. The Balaban J connectivity index is 0.00000196. The van der Waals surface area contributed by atoms with Gasteiger partial charge >= 0.3 is 35.7 Å². The summed E-state index contributed by atoms with van der Waals surface area (Å²) in [6.07, 6.45) is -4.81. The van der Waals surface area contributed by atoms with E-state index >= 15 is 0 Å². The molecule has 0 heterocycles. The van der Waals surface area contributed by atoms with Gasteiger partial charge in [-0.2, -0.15) is 13.2 Å². The zero-order chi connectivity index (χ0) is 10.9. The zero-order valence-electron chi connectivity index (χ0n) is 7.47. The molecule has 2 nitrogen and oxygen atoms in total. The topological polar surface area (TPSA) is 40.1 Å². The second kappa shape index (κ2) is 5.40. The van der Waals surface area contributed by atoms with Crippen LogP contribution in [0.4, 0.5) is 17.6 Å². The molecule has 0 spiro atoms. The summed E-state index contributed by atoms with van der Waals surface area (Å²) in [6, 6.07) is 1.40. The number of alkyl halides is 3. The van der Waals surface area contributed by atoms with Gasteiger partial charge in [-0.25, -0.2) is 4.39 Å². The Morgan fingerprint density at radius 2 is 1.80 bits per heavy atom. The van der Waals surface area contributed by atoms with E-state index in [1.165, 1.54) is 0 Å². The second-order valence-electron chi connectivity index (χ2n) is 2.37. The van der Waals surface area contributed by atoms with Crippen molar-refractivity contribution in [1.29, 1.82) is 0 Å². The van der Waals surface area contributed by atoms with Gasteiger partial charge in [0.05, 0.1) is 5.56 Å². The fraction of sp³-hybridized carbons (Fsp3) is 0.143. The smallest absolute Gasteiger partial charge is 0.768 e. The normalized spacial score (nSPS) is 13.1. The van der Waals surface area contributed by atoms with E-state index in [4.69, 9.17) is 0 Å². The summed E-state index contributed by atoms with van der Waals surface area (Å²) in [6.45, 7) is 0.